The van der Waals surface area contributed by atoms with E-state index in [1.54, 1.807) is 6.07 Å². The van der Waals surface area contributed by atoms with E-state index in [1.165, 1.54) is 21.8 Å². The molecular weight excluding hydrogens is 417 g/mol. The quantitative estimate of drug-likeness (QED) is 0.512. The minimum atomic E-state index is -4.47. The van der Waals surface area contributed by atoms with E-state index >= 15 is 0 Å². The number of alkyl halides is 3. The lowest BCUT2D eigenvalue weighted by Gasteiger charge is -2.08. The van der Waals surface area contributed by atoms with Gasteiger partial charge < -0.3 is 5.32 Å². The van der Waals surface area contributed by atoms with Gasteiger partial charge in [-0.25, -0.2) is 0 Å². The smallest absolute Gasteiger partial charge is 0.344 e. The topological polar surface area (TPSA) is 77.1 Å². The van der Waals surface area contributed by atoms with Gasteiger partial charge in [0.2, 0.25) is 0 Å². The summed E-state index contributed by atoms with van der Waals surface area (Å²) in [5.41, 5.74) is 0.319. The minimum Gasteiger partial charge on any atom is -0.344 e. The Balaban J connectivity index is 1.55. The number of nitrogens with one attached hydrogen (secondary N) is 1. The van der Waals surface area contributed by atoms with E-state index in [0.717, 1.165) is 34.7 Å². The predicted octanol–water partition coefficient (Wildman–Crippen LogP) is 4.05. The molecule has 30 heavy (non-hydrogen) atoms. The molecule has 4 aromatic heterocycles. The van der Waals surface area contributed by atoms with E-state index in [4.69, 9.17) is 0 Å². The van der Waals surface area contributed by atoms with Crippen molar-refractivity contribution in [1.82, 2.24) is 29.7 Å². The lowest BCUT2D eigenvalue weighted by atomic mass is 10.2. The second kappa shape index (κ2) is 7.38. The molecule has 1 amide bonds. The molecule has 0 spiro atoms. The molecule has 0 unspecified atom stereocenters. The summed E-state index contributed by atoms with van der Waals surface area (Å²) in [6.07, 6.45) is -3.54. The third kappa shape index (κ3) is 3.76. The SMILES string of the molecule is Cc1nn(CC(C)C)c2sc(C(=O)NCc3nnc4ccc(C(F)(F)F)cn34)cc12. The molecule has 7 nitrogen and oxygen atoms in total. The Morgan fingerprint density at radius 1 is 1.27 bits per heavy atom. The van der Waals surface area contributed by atoms with Crippen molar-refractivity contribution in [3.63, 3.8) is 0 Å². The van der Waals surface area contributed by atoms with Gasteiger partial charge in [0.25, 0.3) is 5.91 Å². The number of fused-ring (bicyclic) bond motifs is 2. The van der Waals surface area contributed by atoms with E-state index in [0.29, 0.717) is 10.8 Å². The number of pyridine rings is 1. The standard InChI is InChI=1S/C19H19F3N6OS/c1-10(2)8-28-18-13(11(3)26-28)6-14(30-18)17(29)23-7-16-25-24-15-5-4-12(9-27(15)16)19(20,21)22/h4-6,9-10H,7-8H2,1-3H3,(H,23,29). The maximum atomic E-state index is 13.0. The van der Waals surface area contributed by atoms with E-state index in [2.05, 4.69) is 34.5 Å². The van der Waals surface area contributed by atoms with Crippen LogP contribution in [0.4, 0.5) is 13.2 Å². The molecule has 0 aromatic carbocycles. The molecule has 0 atom stereocenters. The highest BCUT2D eigenvalue weighted by Gasteiger charge is 2.31. The monoisotopic (exact) mass is 436 g/mol. The molecule has 4 heterocycles. The first kappa shape index (κ1) is 20.3. The Morgan fingerprint density at radius 2 is 2.03 bits per heavy atom. The van der Waals surface area contributed by atoms with Crippen molar-refractivity contribution in [1.29, 1.82) is 0 Å². The molecule has 0 aliphatic heterocycles. The van der Waals surface area contributed by atoms with Gasteiger partial charge in [0.05, 0.1) is 22.7 Å². The van der Waals surface area contributed by atoms with Crippen LogP contribution in [0.25, 0.3) is 15.9 Å². The number of aryl methyl sites for hydroxylation is 1. The van der Waals surface area contributed by atoms with Crippen LogP contribution < -0.4 is 5.32 Å². The van der Waals surface area contributed by atoms with E-state index in [-0.39, 0.29) is 23.9 Å². The molecule has 0 saturated heterocycles. The Kier molecular flexibility index (Phi) is 5.00. The molecule has 0 bridgehead atoms. The van der Waals surface area contributed by atoms with Crippen LogP contribution in [0.1, 0.15) is 40.6 Å². The molecule has 0 aliphatic carbocycles. The Morgan fingerprint density at radius 3 is 2.73 bits per heavy atom. The maximum absolute atomic E-state index is 13.0. The fraction of sp³-hybridized carbons (Fsp3) is 0.368. The number of hydrogen-bond acceptors (Lipinski definition) is 5. The van der Waals surface area contributed by atoms with E-state index in [9.17, 15) is 18.0 Å². The Bertz CT molecular complexity index is 1240. The molecule has 0 aliphatic rings. The van der Waals surface area contributed by atoms with Crippen LogP contribution >= 0.6 is 11.3 Å². The lowest BCUT2D eigenvalue weighted by molar-refractivity contribution is -0.137. The maximum Gasteiger partial charge on any atom is 0.417 e. The van der Waals surface area contributed by atoms with Crippen molar-refractivity contribution in [2.45, 2.75) is 40.0 Å². The van der Waals surface area contributed by atoms with Gasteiger partial charge in [0, 0.05) is 18.1 Å². The van der Waals surface area contributed by atoms with Crippen LogP contribution in [-0.2, 0) is 19.3 Å². The lowest BCUT2D eigenvalue weighted by Crippen LogP contribution is -2.23. The second-order valence-electron chi connectivity index (χ2n) is 7.43. The summed E-state index contributed by atoms with van der Waals surface area (Å²) in [5, 5.41) is 15.9. The Hall–Kier alpha value is -2.95. The van der Waals surface area contributed by atoms with Crippen molar-refractivity contribution in [3.8, 4) is 0 Å². The van der Waals surface area contributed by atoms with Gasteiger partial charge in [0.1, 0.15) is 4.83 Å². The number of amides is 1. The summed E-state index contributed by atoms with van der Waals surface area (Å²) < 4.78 is 42.1. The van der Waals surface area contributed by atoms with Gasteiger partial charge in [-0.2, -0.15) is 18.3 Å². The number of carbonyl (C=O) groups excluding carboxylic acids is 1. The van der Waals surface area contributed by atoms with Gasteiger partial charge in [0.15, 0.2) is 11.5 Å². The summed E-state index contributed by atoms with van der Waals surface area (Å²) in [7, 11) is 0. The van der Waals surface area contributed by atoms with Crippen molar-refractivity contribution >= 4 is 33.1 Å². The van der Waals surface area contributed by atoms with Crippen LogP contribution in [0, 0.1) is 12.8 Å². The third-order valence-electron chi connectivity index (χ3n) is 4.58. The average molecular weight is 436 g/mol. The largest absolute Gasteiger partial charge is 0.417 e. The molecule has 0 fully saturated rings. The van der Waals surface area contributed by atoms with E-state index in [1.807, 2.05) is 11.6 Å². The van der Waals surface area contributed by atoms with Crippen LogP contribution in [0.5, 0.6) is 0 Å². The summed E-state index contributed by atoms with van der Waals surface area (Å²) in [4.78, 5) is 14.1. The zero-order valence-corrected chi connectivity index (χ0v) is 17.3. The highest BCUT2D eigenvalue weighted by atomic mass is 32.1. The zero-order chi connectivity index (χ0) is 21.6. The van der Waals surface area contributed by atoms with Crippen molar-refractivity contribution < 1.29 is 18.0 Å². The second-order valence-corrected chi connectivity index (χ2v) is 8.46. The number of halogens is 3. The summed E-state index contributed by atoms with van der Waals surface area (Å²) in [6.45, 7) is 6.79. The van der Waals surface area contributed by atoms with Crippen molar-refractivity contribution in [3.05, 3.63) is 46.4 Å². The highest BCUT2D eigenvalue weighted by molar-refractivity contribution is 7.20. The minimum absolute atomic E-state index is 0.0490. The summed E-state index contributed by atoms with van der Waals surface area (Å²) in [6, 6.07) is 3.99. The molecular formula is C19H19F3N6OS. The fourth-order valence-corrected chi connectivity index (χ4v) is 4.25. The molecule has 11 heteroatoms. The zero-order valence-electron chi connectivity index (χ0n) is 16.5. The van der Waals surface area contributed by atoms with E-state index < -0.39 is 11.7 Å². The predicted molar refractivity (Wildman–Crippen MR) is 106 cm³/mol. The summed E-state index contributed by atoms with van der Waals surface area (Å²) in [5.74, 6) is 0.304. The molecule has 4 rings (SSSR count). The van der Waals surface area contributed by atoms with Gasteiger partial charge in [-0.05, 0) is 31.0 Å². The average Bonchev–Trinajstić information content (AvgIpc) is 3.34. The highest BCUT2D eigenvalue weighted by Crippen LogP contribution is 2.30. The Labute approximate surface area is 173 Å². The van der Waals surface area contributed by atoms with Gasteiger partial charge in [-0.3, -0.25) is 13.9 Å². The van der Waals surface area contributed by atoms with Crippen molar-refractivity contribution in [2.24, 2.45) is 5.92 Å². The van der Waals surface area contributed by atoms with Crippen molar-refractivity contribution in [2.75, 3.05) is 0 Å². The summed E-state index contributed by atoms with van der Waals surface area (Å²) >= 11 is 1.34. The van der Waals surface area contributed by atoms with Crippen LogP contribution in [0.3, 0.4) is 0 Å². The van der Waals surface area contributed by atoms with Gasteiger partial charge in [-0.1, -0.05) is 13.8 Å². The number of aromatic nitrogens is 5. The fourth-order valence-electron chi connectivity index (χ4n) is 3.17. The third-order valence-corrected chi connectivity index (χ3v) is 5.72. The number of rotatable bonds is 5. The van der Waals surface area contributed by atoms with Gasteiger partial charge in [-0.15, -0.1) is 21.5 Å². The van der Waals surface area contributed by atoms with Crippen LogP contribution in [0.15, 0.2) is 24.4 Å². The normalized spacial score (nSPS) is 12.4. The van der Waals surface area contributed by atoms with Crippen LogP contribution in [0.2, 0.25) is 0 Å². The molecule has 0 saturated carbocycles. The molecule has 4 aromatic rings. The molecule has 158 valence electrons. The number of carbonyl (C=O) groups is 1. The first-order valence-corrected chi connectivity index (χ1v) is 10.1. The molecule has 0 radical (unpaired) electrons. The first-order valence-electron chi connectivity index (χ1n) is 9.29. The number of nitrogens with zero attached hydrogens (tertiary/aromatic N) is 5. The molecule has 1 N–H and O–H groups in total. The first-order chi connectivity index (χ1) is 14.1. The number of thiophene rings is 1. The number of hydrogen-bond donors (Lipinski definition) is 1. The van der Waals surface area contributed by atoms with Gasteiger partial charge >= 0.3 is 6.18 Å². The van der Waals surface area contributed by atoms with Crippen LogP contribution in [-0.4, -0.2) is 30.3 Å².